The molecule has 4 N–H and O–H groups in total. The number of nitrogens with zero attached hydrogens (tertiary/aromatic N) is 3. The standard InChI is InChI=1S/C18H20ClN5O4S/c19-12-3-1-2-10(4-12)14-7-15-17(24-14)18(22-9-21-15)23-13-5-11(16(25)6-13)8-28-29(20,26)27/h1-4,9,11,13,16,25H,5-8H2,(H2,20,26,27)(H,21,22,23)/t11-,13+,16-/m0/s1. The van der Waals surface area contributed by atoms with Crippen molar-refractivity contribution in [2.45, 2.75) is 31.4 Å². The second-order valence-corrected chi connectivity index (χ2v) is 8.84. The number of anilines is 1. The van der Waals surface area contributed by atoms with Gasteiger partial charge in [0.05, 0.1) is 24.1 Å². The molecule has 1 aromatic carbocycles. The molecule has 9 nitrogen and oxygen atoms in total. The molecule has 0 amide bonds. The van der Waals surface area contributed by atoms with Gasteiger partial charge in [-0.15, -0.1) is 0 Å². The van der Waals surface area contributed by atoms with E-state index in [1.807, 2.05) is 24.3 Å². The third kappa shape index (κ3) is 4.73. The van der Waals surface area contributed by atoms with Crippen LogP contribution in [0.15, 0.2) is 35.6 Å². The van der Waals surface area contributed by atoms with Gasteiger partial charge >= 0.3 is 10.3 Å². The number of fused-ring (bicyclic) bond motifs is 1. The van der Waals surface area contributed by atoms with E-state index in [0.29, 0.717) is 35.8 Å². The van der Waals surface area contributed by atoms with E-state index >= 15 is 0 Å². The van der Waals surface area contributed by atoms with Crippen LogP contribution in [0.3, 0.4) is 0 Å². The predicted octanol–water partition coefficient (Wildman–Crippen LogP) is 1.58. The highest BCUT2D eigenvalue weighted by molar-refractivity contribution is 7.84. The normalized spacial score (nSPS) is 23.7. The highest BCUT2D eigenvalue weighted by Crippen LogP contribution is 2.36. The summed E-state index contributed by atoms with van der Waals surface area (Å²) in [7, 11) is -4.03. The minimum absolute atomic E-state index is 0.108. The molecule has 29 heavy (non-hydrogen) atoms. The summed E-state index contributed by atoms with van der Waals surface area (Å²) in [5, 5.41) is 19.0. The summed E-state index contributed by atoms with van der Waals surface area (Å²) in [5.41, 5.74) is 3.27. The molecule has 0 radical (unpaired) electrons. The zero-order chi connectivity index (χ0) is 20.6. The van der Waals surface area contributed by atoms with Crippen LogP contribution in [-0.2, 0) is 20.9 Å². The average Bonchev–Trinajstić information content (AvgIpc) is 3.23. The van der Waals surface area contributed by atoms with Gasteiger partial charge in [-0.3, -0.25) is 4.18 Å². The number of nitrogens with two attached hydrogens (primary N) is 1. The zero-order valence-electron chi connectivity index (χ0n) is 15.3. The van der Waals surface area contributed by atoms with E-state index in [-0.39, 0.29) is 18.6 Å². The van der Waals surface area contributed by atoms with Gasteiger partial charge in [0.25, 0.3) is 0 Å². The van der Waals surface area contributed by atoms with Crippen LogP contribution in [0, 0.1) is 5.92 Å². The molecular formula is C18H20ClN5O4S. The lowest BCUT2D eigenvalue weighted by Gasteiger charge is -2.14. The SMILES string of the molecule is NS(=O)(=O)OC[C@@H]1C[C@@H](Nc2ncnc3c2N=C(c2cccc(Cl)c2)C3)C[C@@H]1O. The molecule has 1 aliphatic carbocycles. The first-order valence-electron chi connectivity index (χ1n) is 9.07. The fourth-order valence-corrected chi connectivity index (χ4v) is 4.27. The summed E-state index contributed by atoms with van der Waals surface area (Å²) >= 11 is 6.09. The van der Waals surface area contributed by atoms with Crippen molar-refractivity contribution in [2.24, 2.45) is 16.0 Å². The lowest BCUT2D eigenvalue weighted by Crippen LogP contribution is -2.24. The number of rotatable bonds is 6. The maximum atomic E-state index is 11.0. The van der Waals surface area contributed by atoms with E-state index in [1.54, 1.807) is 0 Å². The number of aliphatic hydroxyl groups excluding tert-OH is 1. The molecule has 11 heteroatoms. The summed E-state index contributed by atoms with van der Waals surface area (Å²) < 4.78 is 26.6. The van der Waals surface area contributed by atoms with Crippen molar-refractivity contribution in [1.82, 2.24) is 9.97 Å². The number of aromatic nitrogens is 2. The maximum Gasteiger partial charge on any atom is 0.333 e. The van der Waals surface area contributed by atoms with E-state index in [9.17, 15) is 13.5 Å². The number of hydrogen-bond donors (Lipinski definition) is 3. The molecule has 0 unspecified atom stereocenters. The summed E-state index contributed by atoms with van der Waals surface area (Å²) in [5.74, 6) is 0.239. The first-order chi connectivity index (χ1) is 13.8. The highest BCUT2D eigenvalue weighted by atomic mass is 35.5. The number of benzene rings is 1. The molecule has 4 rings (SSSR count). The Hall–Kier alpha value is -2.11. The number of hydrogen-bond acceptors (Lipinski definition) is 8. The Labute approximate surface area is 173 Å². The van der Waals surface area contributed by atoms with Crippen LogP contribution < -0.4 is 10.5 Å². The van der Waals surface area contributed by atoms with Gasteiger partial charge in [0, 0.05) is 23.4 Å². The van der Waals surface area contributed by atoms with Crippen molar-refractivity contribution < 1.29 is 17.7 Å². The Bertz CT molecular complexity index is 1060. The third-order valence-corrected chi connectivity index (χ3v) is 5.78. The number of halogens is 1. The lowest BCUT2D eigenvalue weighted by atomic mass is 10.1. The quantitative estimate of drug-likeness (QED) is 0.623. The van der Waals surface area contributed by atoms with Crippen molar-refractivity contribution in [3.63, 3.8) is 0 Å². The van der Waals surface area contributed by atoms with Gasteiger partial charge in [-0.05, 0) is 30.5 Å². The van der Waals surface area contributed by atoms with Crippen molar-refractivity contribution in [3.05, 3.63) is 46.9 Å². The van der Waals surface area contributed by atoms with Gasteiger partial charge in [0.1, 0.15) is 12.0 Å². The number of nitrogens with one attached hydrogen (secondary N) is 1. The summed E-state index contributed by atoms with van der Waals surface area (Å²) in [6.07, 6.45) is 2.30. The fourth-order valence-electron chi connectivity index (χ4n) is 3.71. The maximum absolute atomic E-state index is 11.0. The molecule has 0 spiro atoms. The van der Waals surface area contributed by atoms with Gasteiger partial charge < -0.3 is 10.4 Å². The Kier molecular flexibility index (Phi) is 5.54. The Morgan fingerprint density at radius 2 is 2.14 bits per heavy atom. The first-order valence-corrected chi connectivity index (χ1v) is 10.9. The molecular weight excluding hydrogens is 418 g/mol. The van der Waals surface area contributed by atoms with Gasteiger partial charge in [0.15, 0.2) is 5.82 Å². The minimum Gasteiger partial charge on any atom is -0.393 e. The van der Waals surface area contributed by atoms with Crippen LogP contribution in [-0.4, -0.2) is 48.0 Å². The van der Waals surface area contributed by atoms with E-state index < -0.39 is 16.4 Å². The van der Waals surface area contributed by atoms with Crippen LogP contribution in [0.25, 0.3) is 0 Å². The smallest absolute Gasteiger partial charge is 0.333 e. The molecule has 3 atom stereocenters. The van der Waals surface area contributed by atoms with Gasteiger partial charge in [-0.2, -0.15) is 8.42 Å². The Morgan fingerprint density at radius 1 is 1.31 bits per heavy atom. The zero-order valence-corrected chi connectivity index (χ0v) is 16.9. The summed E-state index contributed by atoms with van der Waals surface area (Å²) in [4.78, 5) is 13.3. The van der Waals surface area contributed by atoms with Gasteiger partial charge in [-0.25, -0.2) is 20.1 Å². The number of aliphatic hydroxyl groups is 1. The Morgan fingerprint density at radius 3 is 2.90 bits per heavy atom. The third-order valence-electron chi connectivity index (χ3n) is 5.08. The van der Waals surface area contributed by atoms with Gasteiger partial charge in [-0.1, -0.05) is 23.7 Å². The second kappa shape index (κ2) is 7.96. The van der Waals surface area contributed by atoms with Crippen LogP contribution in [0.5, 0.6) is 0 Å². The molecule has 1 aliphatic heterocycles. The Balaban J connectivity index is 1.49. The first kappa shape index (κ1) is 20.2. The van der Waals surface area contributed by atoms with E-state index in [2.05, 4.69) is 19.5 Å². The molecule has 0 bridgehead atoms. The van der Waals surface area contributed by atoms with Crippen LogP contribution in [0.1, 0.15) is 24.1 Å². The van der Waals surface area contributed by atoms with Crippen LogP contribution in [0.2, 0.25) is 5.02 Å². The lowest BCUT2D eigenvalue weighted by molar-refractivity contribution is 0.101. The van der Waals surface area contributed by atoms with Crippen molar-refractivity contribution in [2.75, 3.05) is 11.9 Å². The minimum atomic E-state index is -4.03. The monoisotopic (exact) mass is 437 g/mol. The molecule has 2 heterocycles. The molecule has 2 aliphatic rings. The molecule has 2 aromatic rings. The average molecular weight is 438 g/mol. The van der Waals surface area contributed by atoms with Crippen LogP contribution >= 0.6 is 11.6 Å². The van der Waals surface area contributed by atoms with Crippen molar-refractivity contribution in [3.8, 4) is 0 Å². The largest absolute Gasteiger partial charge is 0.393 e. The summed E-state index contributed by atoms with van der Waals surface area (Å²) in [6, 6.07) is 7.37. The van der Waals surface area contributed by atoms with E-state index in [1.165, 1.54) is 6.33 Å². The van der Waals surface area contributed by atoms with Gasteiger partial charge in [0.2, 0.25) is 0 Å². The molecule has 154 valence electrons. The predicted molar refractivity (Wildman–Crippen MR) is 109 cm³/mol. The number of aliphatic imine (C=N–C) groups is 1. The molecule has 1 saturated carbocycles. The summed E-state index contributed by atoms with van der Waals surface area (Å²) in [6.45, 7) is -0.156. The second-order valence-electron chi connectivity index (χ2n) is 7.18. The topological polar surface area (TPSA) is 140 Å². The van der Waals surface area contributed by atoms with E-state index in [0.717, 1.165) is 17.0 Å². The molecule has 1 fully saturated rings. The van der Waals surface area contributed by atoms with E-state index in [4.69, 9.17) is 21.7 Å². The fraction of sp³-hybridized carbons (Fsp3) is 0.389. The van der Waals surface area contributed by atoms with Crippen LogP contribution in [0.4, 0.5) is 11.5 Å². The molecule has 0 saturated heterocycles. The van der Waals surface area contributed by atoms with Crippen molar-refractivity contribution >= 4 is 39.1 Å². The highest BCUT2D eigenvalue weighted by Gasteiger charge is 2.35. The molecule has 1 aromatic heterocycles. The van der Waals surface area contributed by atoms with Crippen molar-refractivity contribution in [1.29, 1.82) is 0 Å².